The van der Waals surface area contributed by atoms with Crippen LogP contribution in [0.25, 0.3) is 0 Å². The fraction of sp³-hybridized carbons (Fsp3) is 0.263. The van der Waals surface area contributed by atoms with Crippen LogP contribution in [0.4, 0.5) is 11.8 Å². The quantitative estimate of drug-likeness (QED) is 0.658. The first-order valence-electron chi connectivity index (χ1n) is 9.10. The van der Waals surface area contributed by atoms with Crippen LogP contribution < -0.4 is 10.1 Å². The van der Waals surface area contributed by atoms with E-state index in [1.807, 2.05) is 0 Å². The zero-order chi connectivity index (χ0) is 20.3. The molecule has 29 heavy (non-hydrogen) atoms. The molecule has 1 N–H and O–H groups in total. The van der Waals surface area contributed by atoms with Gasteiger partial charge in [-0.05, 0) is 43.2 Å². The lowest BCUT2D eigenvalue weighted by Gasteiger charge is -2.24. The van der Waals surface area contributed by atoms with E-state index >= 15 is 0 Å². The van der Waals surface area contributed by atoms with Crippen LogP contribution in [-0.2, 0) is 10.0 Å². The van der Waals surface area contributed by atoms with Gasteiger partial charge in [-0.2, -0.15) is 4.31 Å². The Morgan fingerprint density at radius 1 is 1.14 bits per heavy atom. The Balaban J connectivity index is 1.60. The molecule has 1 atom stereocenters. The molecule has 1 fully saturated rings. The van der Waals surface area contributed by atoms with Gasteiger partial charge >= 0.3 is 0 Å². The average molecular weight is 412 g/mol. The predicted molar refractivity (Wildman–Crippen MR) is 106 cm³/mol. The first kappa shape index (κ1) is 19.2. The van der Waals surface area contributed by atoms with Crippen LogP contribution in [-0.4, -0.2) is 46.3 Å². The van der Waals surface area contributed by atoms with E-state index in [1.54, 1.807) is 62.2 Å². The third kappa shape index (κ3) is 4.03. The molecule has 2 aromatic heterocycles. The minimum atomic E-state index is -3.67. The van der Waals surface area contributed by atoms with Gasteiger partial charge in [0.25, 0.3) is 0 Å². The van der Waals surface area contributed by atoms with Crippen molar-refractivity contribution in [3.8, 4) is 5.75 Å². The van der Waals surface area contributed by atoms with E-state index in [0.717, 1.165) is 6.42 Å². The second-order valence-corrected chi connectivity index (χ2v) is 8.37. The molecule has 150 valence electrons. The standard InChI is InChI=1S/C19H20N6O3S/c1-28-14-5-7-15(8-6-14)29(26,27)25-11-2-4-17(25)16-12-20-13-18(23-16)24-19-21-9-3-10-22-19/h3,5-10,12-13,17H,2,4,11H2,1H3,(H,21,22,23,24)/t17-/m0/s1. The molecule has 0 aliphatic carbocycles. The van der Waals surface area contributed by atoms with E-state index in [-0.39, 0.29) is 10.9 Å². The van der Waals surface area contributed by atoms with E-state index in [9.17, 15) is 8.42 Å². The average Bonchev–Trinajstić information content (AvgIpc) is 3.26. The summed E-state index contributed by atoms with van der Waals surface area (Å²) in [6.45, 7) is 0.431. The highest BCUT2D eigenvalue weighted by molar-refractivity contribution is 7.89. The Morgan fingerprint density at radius 3 is 2.62 bits per heavy atom. The second kappa shape index (κ2) is 8.10. The topological polar surface area (TPSA) is 110 Å². The summed E-state index contributed by atoms with van der Waals surface area (Å²) in [5.41, 5.74) is 0.584. The number of nitrogens with zero attached hydrogens (tertiary/aromatic N) is 5. The Bertz CT molecular complexity index is 1080. The van der Waals surface area contributed by atoms with Crippen molar-refractivity contribution < 1.29 is 13.2 Å². The summed E-state index contributed by atoms with van der Waals surface area (Å²) >= 11 is 0. The van der Waals surface area contributed by atoms with Crippen molar-refractivity contribution in [3.05, 3.63) is 60.8 Å². The fourth-order valence-corrected chi connectivity index (χ4v) is 4.96. The number of aromatic nitrogens is 4. The fourth-order valence-electron chi connectivity index (χ4n) is 3.29. The summed E-state index contributed by atoms with van der Waals surface area (Å²) in [4.78, 5) is 17.2. The van der Waals surface area contributed by atoms with E-state index in [2.05, 4.69) is 25.3 Å². The summed E-state index contributed by atoms with van der Waals surface area (Å²) in [5, 5.41) is 2.99. The van der Waals surface area contributed by atoms with E-state index in [0.29, 0.717) is 36.2 Å². The van der Waals surface area contributed by atoms with Gasteiger partial charge < -0.3 is 10.1 Å². The minimum absolute atomic E-state index is 0.227. The van der Waals surface area contributed by atoms with Gasteiger partial charge in [0.2, 0.25) is 16.0 Å². The van der Waals surface area contributed by atoms with Gasteiger partial charge in [0, 0.05) is 18.9 Å². The number of hydrogen-bond acceptors (Lipinski definition) is 8. The van der Waals surface area contributed by atoms with Gasteiger partial charge in [-0.25, -0.2) is 23.4 Å². The lowest BCUT2D eigenvalue weighted by molar-refractivity contribution is 0.389. The van der Waals surface area contributed by atoms with Crippen molar-refractivity contribution in [2.45, 2.75) is 23.8 Å². The van der Waals surface area contributed by atoms with Gasteiger partial charge in [-0.15, -0.1) is 0 Å². The van der Waals surface area contributed by atoms with Crippen LogP contribution in [0.2, 0.25) is 0 Å². The summed E-state index contributed by atoms with van der Waals surface area (Å²) in [6.07, 6.45) is 7.82. The maximum Gasteiger partial charge on any atom is 0.243 e. The van der Waals surface area contributed by atoms with Crippen molar-refractivity contribution in [3.63, 3.8) is 0 Å². The molecule has 0 amide bonds. The van der Waals surface area contributed by atoms with Gasteiger partial charge in [0.15, 0.2) is 5.82 Å². The van der Waals surface area contributed by atoms with E-state index < -0.39 is 10.0 Å². The van der Waals surface area contributed by atoms with Crippen molar-refractivity contribution in [1.82, 2.24) is 24.2 Å². The SMILES string of the molecule is COc1ccc(S(=O)(=O)N2CCC[C@H]2c2cncc(Nc3ncccn3)n2)cc1. The van der Waals surface area contributed by atoms with Crippen molar-refractivity contribution in [1.29, 1.82) is 0 Å². The largest absolute Gasteiger partial charge is 0.497 e. The van der Waals surface area contributed by atoms with Crippen molar-refractivity contribution in [2.75, 3.05) is 19.0 Å². The molecule has 9 nitrogen and oxygen atoms in total. The molecule has 1 aliphatic heterocycles. The normalized spacial score (nSPS) is 17.2. The number of anilines is 2. The number of ether oxygens (including phenoxy) is 1. The molecule has 0 radical (unpaired) electrons. The Hall–Kier alpha value is -3.11. The van der Waals surface area contributed by atoms with Gasteiger partial charge in [-0.1, -0.05) is 0 Å². The van der Waals surface area contributed by atoms with Crippen molar-refractivity contribution >= 4 is 21.8 Å². The van der Waals surface area contributed by atoms with Crippen molar-refractivity contribution in [2.24, 2.45) is 0 Å². The zero-order valence-electron chi connectivity index (χ0n) is 15.8. The van der Waals surface area contributed by atoms with Crippen LogP contribution in [0.5, 0.6) is 5.75 Å². The summed E-state index contributed by atoms with van der Waals surface area (Å²) < 4.78 is 33.0. The first-order valence-corrected chi connectivity index (χ1v) is 10.5. The molecule has 3 aromatic rings. The molecule has 0 saturated carbocycles. The molecule has 0 unspecified atom stereocenters. The molecule has 3 heterocycles. The van der Waals surface area contributed by atoms with E-state index in [1.165, 1.54) is 4.31 Å². The van der Waals surface area contributed by atoms with E-state index in [4.69, 9.17) is 4.74 Å². The summed E-state index contributed by atoms with van der Waals surface area (Å²) in [5.74, 6) is 1.46. The molecule has 1 saturated heterocycles. The highest BCUT2D eigenvalue weighted by Crippen LogP contribution is 2.36. The number of methoxy groups -OCH3 is 1. The molecule has 10 heteroatoms. The smallest absolute Gasteiger partial charge is 0.243 e. The maximum atomic E-state index is 13.2. The van der Waals surface area contributed by atoms with Gasteiger partial charge in [0.05, 0.1) is 36.1 Å². The summed E-state index contributed by atoms with van der Waals surface area (Å²) in [7, 11) is -2.13. The Morgan fingerprint density at radius 2 is 1.90 bits per heavy atom. The highest BCUT2D eigenvalue weighted by Gasteiger charge is 2.37. The Labute approximate surface area is 168 Å². The molecule has 0 bridgehead atoms. The third-order valence-corrected chi connectivity index (χ3v) is 6.59. The van der Waals surface area contributed by atoms with Crippen LogP contribution in [0, 0.1) is 0 Å². The lowest BCUT2D eigenvalue weighted by Crippen LogP contribution is -2.31. The van der Waals surface area contributed by atoms with Gasteiger partial charge in [-0.3, -0.25) is 4.98 Å². The van der Waals surface area contributed by atoms with Crippen LogP contribution in [0.1, 0.15) is 24.6 Å². The summed E-state index contributed by atoms with van der Waals surface area (Å²) in [6, 6.07) is 7.73. The number of benzene rings is 1. The third-order valence-electron chi connectivity index (χ3n) is 4.67. The second-order valence-electron chi connectivity index (χ2n) is 6.48. The zero-order valence-corrected chi connectivity index (χ0v) is 16.6. The van der Waals surface area contributed by atoms with Gasteiger partial charge in [0.1, 0.15) is 5.75 Å². The molecule has 4 rings (SSSR count). The Kier molecular flexibility index (Phi) is 5.36. The number of rotatable bonds is 6. The highest BCUT2D eigenvalue weighted by atomic mass is 32.2. The van der Waals surface area contributed by atoms with Crippen LogP contribution in [0.3, 0.4) is 0 Å². The number of nitrogens with one attached hydrogen (secondary N) is 1. The molecular weight excluding hydrogens is 392 g/mol. The number of hydrogen-bond donors (Lipinski definition) is 1. The van der Waals surface area contributed by atoms with Crippen LogP contribution >= 0.6 is 0 Å². The molecular formula is C19H20N6O3S. The number of sulfonamides is 1. The molecule has 1 aliphatic rings. The predicted octanol–water partition coefficient (Wildman–Crippen LogP) is 2.54. The van der Waals surface area contributed by atoms with Crippen LogP contribution in [0.15, 0.2) is 60.0 Å². The molecule has 0 spiro atoms. The lowest BCUT2D eigenvalue weighted by atomic mass is 10.2. The minimum Gasteiger partial charge on any atom is -0.497 e. The molecule has 1 aromatic carbocycles. The maximum absolute atomic E-state index is 13.2. The monoisotopic (exact) mass is 412 g/mol. The first-order chi connectivity index (χ1) is 14.1.